The average Bonchev–Trinajstić information content (AvgIpc) is 3.17. The van der Waals surface area contributed by atoms with Gasteiger partial charge in [-0.05, 0) is 49.6 Å². The zero-order chi connectivity index (χ0) is 22.6. The Hall–Kier alpha value is -3.74. The molecule has 160 valence electrons. The number of amides is 1. The highest BCUT2D eigenvalue weighted by Crippen LogP contribution is 2.32. The Labute approximate surface area is 174 Å². The van der Waals surface area contributed by atoms with E-state index >= 15 is 0 Å². The van der Waals surface area contributed by atoms with Crippen LogP contribution in [0.4, 0.5) is 17.6 Å². The number of primary amides is 1. The highest BCUT2D eigenvalue weighted by molar-refractivity contribution is 5.93. The number of aryl methyl sites for hydroxylation is 2. The SMILES string of the molecule is FC(F)(F)c1cc(-c2nc3c(o2)CCCC3)ccn1.N#Cc1cc(F)cc(C(N)=O)c1. The van der Waals surface area contributed by atoms with Gasteiger partial charge in [0.25, 0.3) is 0 Å². The number of nitrogens with two attached hydrogens (primary N) is 1. The second-order valence-corrected chi connectivity index (χ2v) is 6.73. The summed E-state index contributed by atoms with van der Waals surface area (Å²) in [5.41, 5.74) is 5.24. The monoisotopic (exact) mass is 432 g/mol. The van der Waals surface area contributed by atoms with E-state index in [4.69, 9.17) is 15.4 Å². The van der Waals surface area contributed by atoms with Gasteiger partial charge < -0.3 is 10.2 Å². The first kappa shape index (κ1) is 22.0. The van der Waals surface area contributed by atoms with Crippen molar-refractivity contribution in [3.8, 4) is 17.5 Å². The number of nitriles is 1. The molecule has 3 aromatic rings. The molecule has 0 saturated heterocycles. The van der Waals surface area contributed by atoms with Gasteiger partial charge in [0, 0.05) is 23.7 Å². The van der Waals surface area contributed by atoms with Crippen LogP contribution in [0.15, 0.2) is 40.9 Å². The minimum atomic E-state index is -4.46. The molecule has 0 saturated carbocycles. The molecule has 4 rings (SSSR count). The fourth-order valence-corrected chi connectivity index (χ4v) is 2.99. The lowest BCUT2D eigenvalue weighted by Crippen LogP contribution is -2.11. The summed E-state index contributed by atoms with van der Waals surface area (Å²) in [5.74, 6) is -0.333. The third-order valence-corrected chi connectivity index (χ3v) is 4.45. The van der Waals surface area contributed by atoms with Crippen LogP contribution in [-0.4, -0.2) is 15.9 Å². The topological polar surface area (TPSA) is 106 Å². The highest BCUT2D eigenvalue weighted by atomic mass is 19.4. The van der Waals surface area contributed by atoms with Crippen molar-refractivity contribution < 1.29 is 26.8 Å². The molecule has 0 unspecified atom stereocenters. The maximum absolute atomic E-state index is 12.6. The van der Waals surface area contributed by atoms with Crippen molar-refractivity contribution in [2.75, 3.05) is 0 Å². The molecule has 6 nitrogen and oxygen atoms in total. The Morgan fingerprint density at radius 2 is 1.90 bits per heavy atom. The van der Waals surface area contributed by atoms with Crippen molar-refractivity contribution in [3.05, 3.63) is 70.6 Å². The average molecular weight is 432 g/mol. The fourth-order valence-electron chi connectivity index (χ4n) is 2.99. The number of nitrogens with zero attached hydrogens (tertiary/aromatic N) is 3. The van der Waals surface area contributed by atoms with Gasteiger partial charge in [-0.1, -0.05) is 0 Å². The van der Waals surface area contributed by atoms with Crippen molar-refractivity contribution in [2.24, 2.45) is 5.73 Å². The van der Waals surface area contributed by atoms with Gasteiger partial charge in [0.2, 0.25) is 11.8 Å². The number of alkyl halides is 3. The summed E-state index contributed by atoms with van der Waals surface area (Å²) in [6.07, 6.45) is 0.383. The number of hydrogen-bond donors (Lipinski definition) is 1. The van der Waals surface area contributed by atoms with Crippen LogP contribution >= 0.6 is 0 Å². The maximum atomic E-state index is 12.6. The second kappa shape index (κ2) is 8.95. The first-order valence-electron chi connectivity index (χ1n) is 9.20. The zero-order valence-electron chi connectivity index (χ0n) is 16.0. The zero-order valence-corrected chi connectivity index (χ0v) is 16.0. The minimum Gasteiger partial charge on any atom is -0.441 e. The molecular formula is C21H16F4N4O2. The van der Waals surface area contributed by atoms with E-state index in [9.17, 15) is 22.4 Å². The van der Waals surface area contributed by atoms with Crippen LogP contribution in [0.2, 0.25) is 0 Å². The molecule has 1 aromatic carbocycles. The van der Waals surface area contributed by atoms with Crippen molar-refractivity contribution in [2.45, 2.75) is 31.9 Å². The number of carbonyl (C=O) groups excluding carboxylic acids is 1. The van der Waals surface area contributed by atoms with Gasteiger partial charge in [-0.25, -0.2) is 9.37 Å². The largest absolute Gasteiger partial charge is 0.441 e. The summed E-state index contributed by atoms with van der Waals surface area (Å²) >= 11 is 0. The number of benzene rings is 1. The number of carbonyl (C=O) groups is 1. The van der Waals surface area contributed by atoms with E-state index in [2.05, 4.69) is 9.97 Å². The Morgan fingerprint density at radius 3 is 2.55 bits per heavy atom. The van der Waals surface area contributed by atoms with E-state index in [-0.39, 0.29) is 17.0 Å². The van der Waals surface area contributed by atoms with E-state index in [1.54, 1.807) is 6.07 Å². The number of fused-ring (bicyclic) bond motifs is 1. The van der Waals surface area contributed by atoms with Gasteiger partial charge in [-0.2, -0.15) is 18.4 Å². The summed E-state index contributed by atoms with van der Waals surface area (Å²) < 4.78 is 56.0. The predicted octanol–water partition coefficient (Wildman–Crippen LogP) is 4.43. The van der Waals surface area contributed by atoms with E-state index in [1.807, 2.05) is 0 Å². The van der Waals surface area contributed by atoms with Crippen molar-refractivity contribution in [3.63, 3.8) is 0 Å². The van der Waals surface area contributed by atoms with Crippen LogP contribution in [0.25, 0.3) is 11.5 Å². The molecular weight excluding hydrogens is 416 g/mol. The number of aromatic nitrogens is 2. The molecule has 10 heteroatoms. The van der Waals surface area contributed by atoms with Crippen LogP contribution in [0.3, 0.4) is 0 Å². The summed E-state index contributed by atoms with van der Waals surface area (Å²) in [4.78, 5) is 18.2. The van der Waals surface area contributed by atoms with Crippen LogP contribution in [0.1, 0.15) is 45.9 Å². The third kappa shape index (κ3) is 5.45. The van der Waals surface area contributed by atoms with Crippen molar-refractivity contribution in [1.82, 2.24) is 9.97 Å². The summed E-state index contributed by atoms with van der Waals surface area (Å²) in [6.45, 7) is 0. The lowest BCUT2D eigenvalue weighted by molar-refractivity contribution is -0.141. The first-order valence-corrected chi connectivity index (χ1v) is 9.20. The van der Waals surface area contributed by atoms with Gasteiger partial charge >= 0.3 is 6.18 Å². The predicted molar refractivity (Wildman–Crippen MR) is 101 cm³/mol. The number of rotatable bonds is 2. The van der Waals surface area contributed by atoms with Crippen LogP contribution in [0, 0.1) is 17.1 Å². The number of hydrogen-bond acceptors (Lipinski definition) is 5. The van der Waals surface area contributed by atoms with Crippen LogP contribution in [-0.2, 0) is 19.0 Å². The van der Waals surface area contributed by atoms with E-state index in [1.165, 1.54) is 12.1 Å². The van der Waals surface area contributed by atoms with Crippen molar-refractivity contribution >= 4 is 5.91 Å². The van der Waals surface area contributed by atoms with E-state index in [0.29, 0.717) is 5.56 Å². The molecule has 2 heterocycles. The smallest absolute Gasteiger partial charge is 0.433 e. The summed E-state index contributed by atoms with van der Waals surface area (Å²) in [7, 11) is 0. The Morgan fingerprint density at radius 1 is 1.16 bits per heavy atom. The minimum absolute atomic E-state index is 0.00606. The van der Waals surface area contributed by atoms with Crippen LogP contribution in [0.5, 0.6) is 0 Å². The van der Waals surface area contributed by atoms with Crippen LogP contribution < -0.4 is 5.73 Å². The molecule has 1 amide bonds. The third-order valence-electron chi connectivity index (χ3n) is 4.45. The molecule has 0 aliphatic heterocycles. The second-order valence-electron chi connectivity index (χ2n) is 6.73. The van der Waals surface area contributed by atoms with Gasteiger partial charge in [0.05, 0.1) is 17.3 Å². The Bertz CT molecular complexity index is 1130. The lowest BCUT2D eigenvalue weighted by atomic mass is 10.0. The molecule has 2 aromatic heterocycles. The molecule has 31 heavy (non-hydrogen) atoms. The number of pyridine rings is 1. The molecule has 0 bridgehead atoms. The molecule has 0 atom stereocenters. The normalized spacial score (nSPS) is 12.9. The Balaban J connectivity index is 0.000000196. The van der Waals surface area contributed by atoms with Gasteiger partial charge in [0.15, 0.2) is 0 Å². The molecule has 0 fully saturated rings. The summed E-state index contributed by atoms with van der Waals surface area (Å²) in [6, 6.07) is 7.43. The highest BCUT2D eigenvalue weighted by Gasteiger charge is 2.33. The Kier molecular flexibility index (Phi) is 6.34. The van der Waals surface area contributed by atoms with E-state index in [0.717, 1.165) is 61.5 Å². The molecule has 0 spiro atoms. The first-order chi connectivity index (χ1) is 14.7. The van der Waals surface area contributed by atoms with Gasteiger partial charge in [0.1, 0.15) is 17.3 Å². The number of halogens is 4. The fraction of sp³-hybridized carbons (Fsp3) is 0.238. The van der Waals surface area contributed by atoms with E-state index < -0.39 is 23.6 Å². The maximum Gasteiger partial charge on any atom is 0.433 e. The molecule has 0 radical (unpaired) electrons. The standard InChI is InChI=1S/C13H11F3N2O.C8H5FN2O/c14-13(15,16)11-7-8(5-6-17-11)12-18-9-3-1-2-4-10(9)19-12;9-7-2-5(4-10)1-6(3-7)8(11)12/h5-7H,1-4H2;1-3H,(H2,11,12). The van der Waals surface area contributed by atoms with Gasteiger partial charge in [-0.15, -0.1) is 0 Å². The summed E-state index contributed by atoms with van der Waals surface area (Å²) in [5, 5.41) is 8.40. The molecule has 1 aliphatic rings. The quantitative estimate of drug-likeness (QED) is 0.603. The van der Waals surface area contributed by atoms with Gasteiger partial charge in [-0.3, -0.25) is 9.78 Å². The molecule has 2 N–H and O–H groups in total. The lowest BCUT2D eigenvalue weighted by Gasteiger charge is -2.05. The van der Waals surface area contributed by atoms with Crippen molar-refractivity contribution in [1.29, 1.82) is 5.26 Å². The number of oxazole rings is 1. The molecule has 1 aliphatic carbocycles.